The zero-order valence-electron chi connectivity index (χ0n) is 11.0. The highest BCUT2D eigenvalue weighted by atomic mass is 16.4. The Balaban J connectivity index is 2.75. The van der Waals surface area contributed by atoms with E-state index in [1.165, 1.54) is 0 Å². The highest BCUT2D eigenvalue weighted by molar-refractivity contribution is 5.94. The van der Waals surface area contributed by atoms with Gasteiger partial charge in [0.2, 0.25) is 0 Å². The van der Waals surface area contributed by atoms with Crippen molar-refractivity contribution >= 4 is 11.7 Å². The van der Waals surface area contributed by atoms with Crippen molar-refractivity contribution < 1.29 is 9.90 Å². The number of aryl methyl sites for hydroxylation is 1. The Hall–Kier alpha value is -1.51. The van der Waals surface area contributed by atoms with Gasteiger partial charge in [-0.05, 0) is 36.5 Å². The molecule has 1 rings (SSSR count). The molecule has 0 aliphatic carbocycles. The smallest absolute Gasteiger partial charge is 0.337 e. The first-order chi connectivity index (χ1) is 7.79. The van der Waals surface area contributed by atoms with Crippen molar-refractivity contribution in [2.75, 3.05) is 11.9 Å². The van der Waals surface area contributed by atoms with Gasteiger partial charge in [-0.2, -0.15) is 0 Å². The minimum atomic E-state index is -0.886. The van der Waals surface area contributed by atoms with Crippen LogP contribution in [0.3, 0.4) is 0 Å². The number of anilines is 1. The number of carbonyl (C=O) groups is 1. The average Bonchev–Trinajstić information content (AvgIpc) is 2.15. The van der Waals surface area contributed by atoms with Crippen LogP contribution < -0.4 is 5.32 Å². The summed E-state index contributed by atoms with van der Waals surface area (Å²) in [7, 11) is 0. The molecular weight excluding hydrogens is 214 g/mol. The third kappa shape index (κ3) is 4.47. The largest absolute Gasteiger partial charge is 0.478 e. The minimum Gasteiger partial charge on any atom is -0.478 e. The molecule has 3 heteroatoms. The standard InChI is InChI=1S/C14H21NO2/c1-10-5-6-11(13(16)17)12(9-10)15-8-7-14(2,3)4/h5-6,9,15H,7-8H2,1-4H3,(H,16,17). The third-order valence-corrected chi connectivity index (χ3v) is 2.60. The molecule has 0 amide bonds. The Bertz CT molecular complexity index is 405. The monoisotopic (exact) mass is 235 g/mol. The first-order valence-corrected chi connectivity index (χ1v) is 5.87. The van der Waals surface area contributed by atoms with Gasteiger partial charge in [-0.15, -0.1) is 0 Å². The second-order valence-electron chi connectivity index (χ2n) is 5.59. The molecule has 0 saturated carbocycles. The average molecular weight is 235 g/mol. The summed E-state index contributed by atoms with van der Waals surface area (Å²) in [6.45, 7) is 9.25. The molecule has 0 spiro atoms. The van der Waals surface area contributed by atoms with Crippen molar-refractivity contribution in [3.05, 3.63) is 29.3 Å². The predicted octanol–water partition coefficient (Wildman–Crippen LogP) is 3.54. The van der Waals surface area contributed by atoms with Crippen LogP contribution in [0.5, 0.6) is 0 Å². The van der Waals surface area contributed by atoms with Gasteiger partial charge in [-0.25, -0.2) is 4.79 Å². The van der Waals surface area contributed by atoms with E-state index in [1.807, 2.05) is 19.1 Å². The van der Waals surface area contributed by atoms with E-state index in [9.17, 15) is 4.79 Å². The molecule has 0 unspecified atom stereocenters. The zero-order valence-corrected chi connectivity index (χ0v) is 11.0. The van der Waals surface area contributed by atoms with Crippen LogP contribution in [0.25, 0.3) is 0 Å². The van der Waals surface area contributed by atoms with E-state index in [2.05, 4.69) is 26.1 Å². The molecular formula is C14H21NO2. The van der Waals surface area contributed by atoms with E-state index in [0.717, 1.165) is 18.5 Å². The predicted molar refractivity (Wildman–Crippen MR) is 70.7 cm³/mol. The van der Waals surface area contributed by atoms with Crippen LogP contribution >= 0.6 is 0 Å². The SMILES string of the molecule is Cc1ccc(C(=O)O)c(NCCC(C)(C)C)c1. The lowest BCUT2D eigenvalue weighted by molar-refractivity contribution is 0.0698. The van der Waals surface area contributed by atoms with Crippen LogP contribution in [0, 0.1) is 12.3 Å². The highest BCUT2D eigenvalue weighted by Gasteiger charge is 2.12. The van der Waals surface area contributed by atoms with Gasteiger partial charge >= 0.3 is 5.97 Å². The van der Waals surface area contributed by atoms with E-state index >= 15 is 0 Å². The molecule has 1 aromatic rings. The fourth-order valence-electron chi connectivity index (χ4n) is 1.56. The molecule has 94 valence electrons. The highest BCUT2D eigenvalue weighted by Crippen LogP contribution is 2.21. The Morgan fingerprint density at radius 2 is 2.00 bits per heavy atom. The van der Waals surface area contributed by atoms with Gasteiger partial charge in [0.05, 0.1) is 5.56 Å². The second kappa shape index (κ2) is 5.21. The van der Waals surface area contributed by atoms with Crippen molar-refractivity contribution in [1.29, 1.82) is 0 Å². The maximum Gasteiger partial charge on any atom is 0.337 e. The number of carboxylic acid groups (broad SMARTS) is 1. The van der Waals surface area contributed by atoms with Crippen LogP contribution in [-0.4, -0.2) is 17.6 Å². The van der Waals surface area contributed by atoms with Crippen molar-refractivity contribution in [1.82, 2.24) is 0 Å². The van der Waals surface area contributed by atoms with Crippen molar-refractivity contribution in [3.8, 4) is 0 Å². The first-order valence-electron chi connectivity index (χ1n) is 5.87. The van der Waals surface area contributed by atoms with Gasteiger partial charge in [0.1, 0.15) is 0 Å². The maximum absolute atomic E-state index is 11.1. The molecule has 0 atom stereocenters. The summed E-state index contributed by atoms with van der Waals surface area (Å²) in [6, 6.07) is 5.35. The molecule has 1 aromatic carbocycles. The molecule has 0 heterocycles. The Kier molecular flexibility index (Phi) is 4.16. The fourth-order valence-corrected chi connectivity index (χ4v) is 1.56. The maximum atomic E-state index is 11.1. The number of aromatic carboxylic acids is 1. The minimum absolute atomic E-state index is 0.250. The topological polar surface area (TPSA) is 49.3 Å². The molecule has 0 bridgehead atoms. The number of hydrogen-bond acceptors (Lipinski definition) is 2. The number of carboxylic acids is 1. The summed E-state index contributed by atoms with van der Waals surface area (Å²) in [4.78, 5) is 11.1. The molecule has 0 radical (unpaired) electrons. The van der Waals surface area contributed by atoms with Gasteiger partial charge in [0, 0.05) is 12.2 Å². The molecule has 0 saturated heterocycles. The van der Waals surface area contributed by atoms with Gasteiger partial charge in [-0.3, -0.25) is 0 Å². The molecule has 17 heavy (non-hydrogen) atoms. The van der Waals surface area contributed by atoms with Gasteiger partial charge in [-0.1, -0.05) is 26.8 Å². The number of benzene rings is 1. The molecule has 2 N–H and O–H groups in total. The summed E-state index contributed by atoms with van der Waals surface area (Å²) in [5.74, 6) is -0.886. The second-order valence-corrected chi connectivity index (χ2v) is 5.59. The lowest BCUT2D eigenvalue weighted by Crippen LogP contribution is -2.14. The lowest BCUT2D eigenvalue weighted by atomic mass is 9.92. The number of hydrogen-bond donors (Lipinski definition) is 2. The van der Waals surface area contributed by atoms with Gasteiger partial charge < -0.3 is 10.4 Å². The van der Waals surface area contributed by atoms with Crippen molar-refractivity contribution in [2.24, 2.45) is 5.41 Å². The van der Waals surface area contributed by atoms with Crippen molar-refractivity contribution in [2.45, 2.75) is 34.1 Å². The fraction of sp³-hybridized carbons (Fsp3) is 0.500. The summed E-state index contributed by atoms with van der Waals surface area (Å²) in [5.41, 5.74) is 2.36. The number of nitrogens with one attached hydrogen (secondary N) is 1. The molecule has 3 nitrogen and oxygen atoms in total. The molecule has 0 aliphatic rings. The van der Waals surface area contributed by atoms with Crippen LogP contribution in [0.15, 0.2) is 18.2 Å². The van der Waals surface area contributed by atoms with E-state index in [-0.39, 0.29) is 5.41 Å². The lowest BCUT2D eigenvalue weighted by Gasteiger charge is -2.19. The van der Waals surface area contributed by atoms with E-state index in [0.29, 0.717) is 11.3 Å². The van der Waals surface area contributed by atoms with E-state index in [4.69, 9.17) is 5.11 Å². The van der Waals surface area contributed by atoms with Crippen LogP contribution in [0.4, 0.5) is 5.69 Å². The van der Waals surface area contributed by atoms with Crippen LogP contribution in [0.2, 0.25) is 0 Å². The molecule has 0 aliphatic heterocycles. The zero-order chi connectivity index (χ0) is 13.1. The van der Waals surface area contributed by atoms with E-state index < -0.39 is 5.97 Å². The van der Waals surface area contributed by atoms with Gasteiger partial charge in [0.25, 0.3) is 0 Å². The summed E-state index contributed by atoms with van der Waals surface area (Å²) in [5, 5.41) is 12.3. The first kappa shape index (κ1) is 13.6. The molecule has 0 aromatic heterocycles. The normalized spacial score (nSPS) is 11.3. The third-order valence-electron chi connectivity index (χ3n) is 2.60. The Labute approximate surface area is 103 Å². The summed E-state index contributed by atoms with van der Waals surface area (Å²) in [6.07, 6.45) is 1.00. The quantitative estimate of drug-likeness (QED) is 0.839. The Morgan fingerprint density at radius 1 is 1.35 bits per heavy atom. The van der Waals surface area contributed by atoms with E-state index in [1.54, 1.807) is 6.07 Å². The number of rotatable bonds is 4. The van der Waals surface area contributed by atoms with Crippen LogP contribution in [-0.2, 0) is 0 Å². The van der Waals surface area contributed by atoms with Crippen molar-refractivity contribution in [3.63, 3.8) is 0 Å². The molecule has 0 fully saturated rings. The summed E-state index contributed by atoms with van der Waals surface area (Å²) < 4.78 is 0. The summed E-state index contributed by atoms with van der Waals surface area (Å²) >= 11 is 0. The Morgan fingerprint density at radius 3 is 2.53 bits per heavy atom. The van der Waals surface area contributed by atoms with Gasteiger partial charge in [0.15, 0.2) is 0 Å². The van der Waals surface area contributed by atoms with Crippen LogP contribution in [0.1, 0.15) is 43.1 Å².